The Labute approximate surface area is 85.9 Å². The molecule has 0 N–H and O–H groups in total. The van der Waals surface area contributed by atoms with Crippen LogP contribution in [0.5, 0.6) is 5.75 Å². The van der Waals surface area contributed by atoms with E-state index in [0.717, 1.165) is 0 Å². The van der Waals surface area contributed by atoms with Crippen LogP contribution < -0.4 is 4.74 Å². The minimum Gasteiger partial charge on any atom is -0.418 e. The van der Waals surface area contributed by atoms with Crippen molar-refractivity contribution in [2.24, 2.45) is 0 Å². The maximum atomic E-state index is 11.5. The number of alkyl halides is 3. The summed E-state index contributed by atoms with van der Waals surface area (Å²) in [6.45, 7) is 0. The highest BCUT2D eigenvalue weighted by atomic mass is 19.5. The van der Waals surface area contributed by atoms with Crippen LogP contribution in [0.4, 0.5) is 30.4 Å². The van der Waals surface area contributed by atoms with Crippen molar-refractivity contribution >= 4 is 7.25 Å². The van der Waals surface area contributed by atoms with Gasteiger partial charge in [0.15, 0.2) is 0 Å². The Balaban J connectivity index is 0.000000385. The fraction of sp³-hybridized carbons (Fsp3) is 0.143. The van der Waals surface area contributed by atoms with Crippen LogP contribution in [0.15, 0.2) is 30.3 Å². The monoisotopic (exact) mass is 249 g/mol. The van der Waals surface area contributed by atoms with E-state index in [2.05, 4.69) is 4.74 Å². The Morgan fingerprint density at radius 3 is 1.56 bits per heavy atom. The molecule has 1 aromatic rings. The van der Waals surface area contributed by atoms with Crippen LogP contribution in [0.2, 0.25) is 0 Å². The van der Waals surface area contributed by atoms with Gasteiger partial charge >= 0.3 is 13.6 Å². The zero-order valence-corrected chi connectivity index (χ0v) is 7.52. The highest BCUT2D eigenvalue weighted by molar-refractivity contribution is 6.50. The smallest absolute Gasteiger partial charge is 0.418 e. The van der Waals surface area contributed by atoms with Gasteiger partial charge < -0.3 is 22.0 Å². The molecule has 9 heteroatoms. The molecule has 0 heterocycles. The SMILES string of the molecule is FC(F)(F)Oc1ccccc1.F[B-](F)(F)F. The number of ether oxygens (including phenoxy) is 1. The molecule has 0 atom stereocenters. The molecule has 1 nitrogen and oxygen atoms in total. The van der Waals surface area contributed by atoms with Crippen molar-refractivity contribution in [3.8, 4) is 5.75 Å². The largest absolute Gasteiger partial charge is 0.673 e. The number of hydrogen-bond donors (Lipinski definition) is 0. The maximum Gasteiger partial charge on any atom is 0.673 e. The first-order valence-electron chi connectivity index (χ1n) is 3.76. The number of para-hydroxylation sites is 1. The van der Waals surface area contributed by atoms with Crippen LogP contribution in [0.3, 0.4) is 0 Å². The summed E-state index contributed by atoms with van der Waals surface area (Å²) in [5, 5.41) is 0. The molecule has 0 unspecified atom stereocenters. The summed E-state index contributed by atoms with van der Waals surface area (Å²) in [4.78, 5) is 0. The van der Waals surface area contributed by atoms with Gasteiger partial charge in [0.05, 0.1) is 0 Å². The Morgan fingerprint density at radius 1 is 0.875 bits per heavy atom. The van der Waals surface area contributed by atoms with E-state index in [4.69, 9.17) is 0 Å². The van der Waals surface area contributed by atoms with Gasteiger partial charge in [-0.05, 0) is 12.1 Å². The third-order valence-corrected chi connectivity index (χ3v) is 0.977. The molecule has 0 bridgehead atoms. The molecule has 0 aliphatic rings. The van der Waals surface area contributed by atoms with Gasteiger partial charge in [-0.2, -0.15) is 0 Å². The summed E-state index contributed by atoms with van der Waals surface area (Å²) >= 11 is 0. The molecule has 0 fully saturated rings. The molecule has 1 rings (SSSR count). The summed E-state index contributed by atoms with van der Waals surface area (Å²) in [6.07, 6.45) is -4.60. The lowest BCUT2D eigenvalue weighted by atomic mass is 10.3. The molecule has 0 saturated carbocycles. The van der Waals surface area contributed by atoms with Crippen LogP contribution >= 0.6 is 0 Å². The van der Waals surface area contributed by atoms with E-state index >= 15 is 0 Å². The van der Waals surface area contributed by atoms with E-state index in [1.165, 1.54) is 24.3 Å². The van der Waals surface area contributed by atoms with E-state index < -0.39 is 13.6 Å². The first kappa shape index (κ1) is 14.6. The van der Waals surface area contributed by atoms with Crippen LogP contribution in [0.25, 0.3) is 0 Å². The number of halogens is 7. The topological polar surface area (TPSA) is 9.23 Å². The Hall–Kier alpha value is -1.41. The minimum absolute atomic E-state index is 0.194. The first-order chi connectivity index (χ1) is 7.08. The van der Waals surface area contributed by atoms with Crippen molar-refractivity contribution in [2.45, 2.75) is 6.36 Å². The zero-order chi connectivity index (χ0) is 12.8. The second-order valence-electron chi connectivity index (χ2n) is 2.36. The third kappa shape index (κ3) is 12.6. The number of benzene rings is 1. The Bertz CT molecular complexity index is 288. The summed E-state index contributed by atoms with van der Waals surface area (Å²) < 4.78 is 77.2. The molecule has 0 spiro atoms. The lowest BCUT2D eigenvalue weighted by Gasteiger charge is -2.07. The lowest BCUT2D eigenvalue weighted by Crippen LogP contribution is -2.16. The second kappa shape index (κ2) is 5.62. The van der Waals surface area contributed by atoms with Gasteiger partial charge in [-0.15, -0.1) is 13.2 Å². The highest BCUT2D eigenvalue weighted by Gasteiger charge is 2.30. The minimum atomic E-state index is -6.00. The van der Waals surface area contributed by atoms with Gasteiger partial charge in [0.1, 0.15) is 5.75 Å². The van der Waals surface area contributed by atoms with E-state index in [-0.39, 0.29) is 5.75 Å². The van der Waals surface area contributed by atoms with Crippen LogP contribution in [0, 0.1) is 0 Å². The molecular formula is C7H5BF7O-. The third-order valence-electron chi connectivity index (χ3n) is 0.977. The van der Waals surface area contributed by atoms with Crippen molar-refractivity contribution in [3.63, 3.8) is 0 Å². The lowest BCUT2D eigenvalue weighted by molar-refractivity contribution is -0.274. The van der Waals surface area contributed by atoms with Gasteiger partial charge in [0.2, 0.25) is 0 Å². The molecule has 0 aliphatic carbocycles. The van der Waals surface area contributed by atoms with E-state index in [1.807, 2.05) is 0 Å². The van der Waals surface area contributed by atoms with Gasteiger partial charge in [0.25, 0.3) is 0 Å². The van der Waals surface area contributed by atoms with Crippen LogP contribution in [-0.4, -0.2) is 13.6 Å². The Kier molecular flexibility index (Phi) is 5.12. The van der Waals surface area contributed by atoms with Crippen molar-refractivity contribution in [1.82, 2.24) is 0 Å². The molecule has 0 aliphatic heterocycles. The van der Waals surface area contributed by atoms with Gasteiger partial charge in [0, 0.05) is 0 Å². The van der Waals surface area contributed by atoms with Gasteiger partial charge in [-0.1, -0.05) is 18.2 Å². The van der Waals surface area contributed by atoms with Crippen molar-refractivity contribution in [3.05, 3.63) is 30.3 Å². The molecule has 0 aromatic heterocycles. The zero-order valence-electron chi connectivity index (χ0n) is 7.52. The average molecular weight is 249 g/mol. The van der Waals surface area contributed by atoms with Crippen LogP contribution in [0.1, 0.15) is 0 Å². The molecule has 92 valence electrons. The van der Waals surface area contributed by atoms with Crippen LogP contribution in [-0.2, 0) is 0 Å². The van der Waals surface area contributed by atoms with Gasteiger partial charge in [-0.25, -0.2) is 0 Å². The molecule has 0 saturated heterocycles. The summed E-state index contributed by atoms with van der Waals surface area (Å²) in [5.74, 6) is -0.194. The second-order valence-corrected chi connectivity index (χ2v) is 2.36. The summed E-state index contributed by atoms with van der Waals surface area (Å²) in [5.41, 5.74) is 0. The molecule has 0 radical (unpaired) electrons. The quantitative estimate of drug-likeness (QED) is 0.541. The standard InChI is InChI=1S/C7H5F3O.BF4/c8-7(9,10)11-6-4-2-1-3-5-6;2-1(3,4)5/h1-5H;/q;-1. The molecule has 0 amide bonds. The van der Waals surface area contributed by atoms with Crippen molar-refractivity contribution in [2.75, 3.05) is 0 Å². The number of rotatable bonds is 1. The average Bonchev–Trinajstić information content (AvgIpc) is 1.99. The predicted octanol–water partition coefficient (Wildman–Crippen LogP) is 3.89. The highest BCUT2D eigenvalue weighted by Crippen LogP contribution is 2.21. The maximum absolute atomic E-state index is 11.5. The van der Waals surface area contributed by atoms with E-state index in [1.54, 1.807) is 6.07 Å². The first-order valence-corrected chi connectivity index (χ1v) is 3.76. The molecule has 1 aromatic carbocycles. The molecular weight excluding hydrogens is 244 g/mol. The normalized spacial score (nSPS) is 11.4. The Morgan fingerprint density at radius 2 is 1.25 bits per heavy atom. The van der Waals surface area contributed by atoms with Gasteiger partial charge in [-0.3, -0.25) is 0 Å². The number of hydrogen-bond acceptors (Lipinski definition) is 1. The van der Waals surface area contributed by atoms with Crippen molar-refractivity contribution in [1.29, 1.82) is 0 Å². The van der Waals surface area contributed by atoms with Crippen molar-refractivity contribution < 1.29 is 35.2 Å². The fourth-order valence-electron chi connectivity index (χ4n) is 0.622. The summed E-state index contributed by atoms with van der Waals surface area (Å²) in [7, 11) is -6.00. The molecule has 16 heavy (non-hydrogen) atoms. The van der Waals surface area contributed by atoms with E-state index in [0.29, 0.717) is 0 Å². The predicted molar refractivity (Wildman–Crippen MR) is 43.3 cm³/mol. The van der Waals surface area contributed by atoms with E-state index in [9.17, 15) is 30.4 Å². The summed E-state index contributed by atoms with van der Waals surface area (Å²) in [6, 6.07) is 7.05. The fourth-order valence-corrected chi connectivity index (χ4v) is 0.622.